The molecular formula is C22H38O3. The second kappa shape index (κ2) is 12.3. The van der Waals surface area contributed by atoms with Gasteiger partial charge >= 0.3 is 5.97 Å². The minimum Gasteiger partial charge on any atom is -0.481 e. The highest BCUT2D eigenvalue weighted by Crippen LogP contribution is 2.45. The molecule has 2 atom stereocenters. The van der Waals surface area contributed by atoms with Gasteiger partial charge in [-0.25, -0.2) is 0 Å². The molecule has 0 aromatic rings. The summed E-state index contributed by atoms with van der Waals surface area (Å²) in [5, 5.41) is 10.1. The Hall–Kier alpha value is -1.09. The van der Waals surface area contributed by atoms with Crippen LogP contribution in [0.5, 0.6) is 0 Å². The fourth-order valence-corrected chi connectivity index (χ4v) is 4.08. The molecule has 0 saturated carbocycles. The Bertz CT molecular complexity index is 439. The van der Waals surface area contributed by atoms with E-state index < -0.39 is 11.4 Å². The number of rotatable bonds is 14. The summed E-state index contributed by atoms with van der Waals surface area (Å²) < 4.78 is 5.23. The molecule has 0 saturated heterocycles. The summed E-state index contributed by atoms with van der Waals surface area (Å²) in [4.78, 5) is 12.3. The van der Waals surface area contributed by atoms with E-state index in [1.807, 2.05) is 12.2 Å². The molecule has 3 nitrogen and oxygen atoms in total. The SMILES string of the molecule is CCCCCCCCCC1(C(=O)O)C=CC=C(CCOC)C1CCC. The lowest BCUT2D eigenvalue weighted by molar-refractivity contribution is -0.149. The first kappa shape index (κ1) is 22.0. The molecule has 1 rings (SSSR count). The summed E-state index contributed by atoms with van der Waals surface area (Å²) in [6.45, 7) is 5.04. The molecule has 0 aromatic heterocycles. The molecule has 25 heavy (non-hydrogen) atoms. The molecule has 1 aliphatic rings. The van der Waals surface area contributed by atoms with Crippen LogP contribution in [0.1, 0.15) is 84.5 Å². The molecule has 144 valence electrons. The van der Waals surface area contributed by atoms with Crippen LogP contribution in [0.3, 0.4) is 0 Å². The third kappa shape index (κ3) is 6.62. The fourth-order valence-electron chi connectivity index (χ4n) is 4.08. The first-order chi connectivity index (χ1) is 12.1. The maximum Gasteiger partial charge on any atom is 0.314 e. The van der Waals surface area contributed by atoms with Gasteiger partial charge in [-0.05, 0) is 25.2 Å². The lowest BCUT2D eigenvalue weighted by Gasteiger charge is -2.39. The van der Waals surface area contributed by atoms with Gasteiger partial charge in [-0.15, -0.1) is 0 Å². The zero-order valence-corrected chi connectivity index (χ0v) is 16.6. The summed E-state index contributed by atoms with van der Waals surface area (Å²) in [6.07, 6.45) is 18.1. The van der Waals surface area contributed by atoms with Crippen molar-refractivity contribution in [1.82, 2.24) is 0 Å². The number of allylic oxidation sites excluding steroid dienone is 2. The predicted octanol–water partition coefficient (Wildman–Crippen LogP) is 6.15. The van der Waals surface area contributed by atoms with Crippen molar-refractivity contribution in [2.75, 3.05) is 13.7 Å². The van der Waals surface area contributed by atoms with Crippen molar-refractivity contribution in [3.63, 3.8) is 0 Å². The van der Waals surface area contributed by atoms with Crippen LogP contribution in [-0.2, 0) is 9.53 Å². The van der Waals surface area contributed by atoms with Crippen LogP contribution >= 0.6 is 0 Å². The number of unbranched alkanes of at least 4 members (excludes halogenated alkanes) is 6. The van der Waals surface area contributed by atoms with E-state index in [1.54, 1.807) is 7.11 Å². The Morgan fingerprint density at radius 3 is 2.40 bits per heavy atom. The molecular weight excluding hydrogens is 312 g/mol. The summed E-state index contributed by atoms with van der Waals surface area (Å²) in [5.41, 5.74) is 0.522. The van der Waals surface area contributed by atoms with Crippen LogP contribution in [0.25, 0.3) is 0 Å². The first-order valence-corrected chi connectivity index (χ1v) is 10.2. The number of carbonyl (C=O) groups is 1. The van der Waals surface area contributed by atoms with Crippen molar-refractivity contribution >= 4 is 5.97 Å². The second-order valence-electron chi connectivity index (χ2n) is 7.40. The summed E-state index contributed by atoms with van der Waals surface area (Å²) >= 11 is 0. The van der Waals surface area contributed by atoms with Gasteiger partial charge < -0.3 is 9.84 Å². The van der Waals surface area contributed by atoms with Crippen LogP contribution < -0.4 is 0 Å². The molecule has 0 amide bonds. The van der Waals surface area contributed by atoms with Crippen molar-refractivity contribution in [2.45, 2.75) is 84.5 Å². The monoisotopic (exact) mass is 350 g/mol. The number of carboxylic acid groups (broad SMARTS) is 1. The summed E-state index contributed by atoms with van der Waals surface area (Å²) in [6, 6.07) is 0. The number of hydrogen-bond acceptors (Lipinski definition) is 2. The molecule has 2 unspecified atom stereocenters. The Balaban J connectivity index is 2.71. The van der Waals surface area contributed by atoms with Gasteiger partial charge in [0.25, 0.3) is 0 Å². The molecule has 0 aliphatic heterocycles. The summed E-state index contributed by atoms with van der Waals surface area (Å²) in [5.74, 6) is -0.550. The Morgan fingerprint density at radius 2 is 1.80 bits per heavy atom. The maximum absolute atomic E-state index is 12.3. The van der Waals surface area contributed by atoms with Crippen LogP contribution in [0, 0.1) is 11.3 Å². The lowest BCUT2D eigenvalue weighted by Crippen LogP contribution is -2.39. The molecule has 0 bridgehead atoms. The maximum atomic E-state index is 12.3. The van der Waals surface area contributed by atoms with Gasteiger partial charge in [0.05, 0.1) is 5.41 Å². The quantitative estimate of drug-likeness (QED) is 0.382. The number of carboxylic acids is 1. The van der Waals surface area contributed by atoms with Crippen molar-refractivity contribution < 1.29 is 14.6 Å². The topological polar surface area (TPSA) is 46.5 Å². The average Bonchev–Trinajstić information content (AvgIpc) is 2.60. The van der Waals surface area contributed by atoms with Gasteiger partial charge in [-0.2, -0.15) is 0 Å². The van der Waals surface area contributed by atoms with Gasteiger partial charge in [0, 0.05) is 13.7 Å². The van der Waals surface area contributed by atoms with E-state index in [1.165, 1.54) is 37.7 Å². The number of ether oxygens (including phenoxy) is 1. The van der Waals surface area contributed by atoms with Gasteiger partial charge in [-0.3, -0.25) is 4.79 Å². The van der Waals surface area contributed by atoms with Gasteiger partial charge in [0.15, 0.2) is 0 Å². The van der Waals surface area contributed by atoms with Crippen LogP contribution in [-0.4, -0.2) is 24.8 Å². The highest BCUT2D eigenvalue weighted by atomic mass is 16.5. The number of methoxy groups -OCH3 is 1. The molecule has 0 aromatic carbocycles. The van der Waals surface area contributed by atoms with E-state index in [0.717, 1.165) is 38.5 Å². The van der Waals surface area contributed by atoms with E-state index >= 15 is 0 Å². The first-order valence-electron chi connectivity index (χ1n) is 10.2. The molecule has 1 aliphatic carbocycles. The summed E-state index contributed by atoms with van der Waals surface area (Å²) in [7, 11) is 1.71. The van der Waals surface area contributed by atoms with Crippen molar-refractivity contribution in [2.24, 2.45) is 11.3 Å². The molecule has 3 heteroatoms. The molecule has 0 spiro atoms. The molecule has 0 radical (unpaired) electrons. The van der Waals surface area contributed by atoms with E-state index in [-0.39, 0.29) is 5.92 Å². The van der Waals surface area contributed by atoms with E-state index in [4.69, 9.17) is 4.74 Å². The minimum absolute atomic E-state index is 0.107. The minimum atomic E-state index is -0.725. The third-order valence-electron chi connectivity index (χ3n) is 5.54. The van der Waals surface area contributed by atoms with Crippen LogP contribution in [0.4, 0.5) is 0 Å². The normalized spacial score (nSPS) is 22.8. The van der Waals surface area contributed by atoms with Crippen LogP contribution in [0.15, 0.2) is 23.8 Å². The Morgan fingerprint density at radius 1 is 1.12 bits per heavy atom. The van der Waals surface area contributed by atoms with E-state index in [0.29, 0.717) is 6.61 Å². The van der Waals surface area contributed by atoms with E-state index in [9.17, 15) is 9.90 Å². The zero-order chi connectivity index (χ0) is 18.5. The van der Waals surface area contributed by atoms with Gasteiger partial charge in [0.2, 0.25) is 0 Å². The second-order valence-corrected chi connectivity index (χ2v) is 7.40. The third-order valence-corrected chi connectivity index (χ3v) is 5.54. The number of aliphatic carboxylic acids is 1. The standard InChI is InChI=1S/C22H38O3/c1-4-6-7-8-9-10-11-16-22(21(23)24)17-12-14-19(15-18-25-3)20(22)13-5-2/h12,14,17,20H,4-11,13,15-16,18H2,1-3H3,(H,23,24). The highest BCUT2D eigenvalue weighted by molar-refractivity contribution is 5.79. The molecule has 0 heterocycles. The van der Waals surface area contributed by atoms with Crippen molar-refractivity contribution in [3.05, 3.63) is 23.8 Å². The smallest absolute Gasteiger partial charge is 0.314 e. The van der Waals surface area contributed by atoms with Crippen molar-refractivity contribution in [1.29, 1.82) is 0 Å². The Kier molecular flexibility index (Phi) is 10.8. The zero-order valence-electron chi connectivity index (χ0n) is 16.6. The molecule has 1 N–H and O–H groups in total. The van der Waals surface area contributed by atoms with Crippen molar-refractivity contribution in [3.8, 4) is 0 Å². The average molecular weight is 351 g/mol. The Labute approximate surface area is 154 Å². The fraction of sp³-hybridized carbons (Fsp3) is 0.773. The predicted molar refractivity (Wildman–Crippen MR) is 105 cm³/mol. The number of hydrogen-bond donors (Lipinski definition) is 1. The molecule has 0 fully saturated rings. The van der Waals surface area contributed by atoms with E-state index in [2.05, 4.69) is 19.9 Å². The lowest BCUT2D eigenvalue weighted by atomic mass is 9.64. The van der Waals surface area contributed by atoms with Gasteiger partial charge in [-0.1, -0.05) is 89.0 Å². The van der Waals surface area contributed by atoms with Crippen LogP contribution in [0.2, 0.25) is 0 Å². The van der Waals surface area contributed by atoms with Gasteiger partial charge in [0.1, 0.15) is 0 Å². The largest absolute Gasteiger partial charge is 0.481 e. The highest BCUT2D eigenvalue weighted by Gasteiger charge is 2.45.